The van der Waals surface area contributed by atoms with Gasteiger partial charge in [0.1, 0.15) is 11.5 Å². The first-order valence-electron chi connectivity index (χ1n) is 14.4. The van der Waals surface area contributed by atoms with Crippen LogP contribution in [0.15, 0.2) is 72.9 Å². The summed E-state index contributed by atoms with van der Waals surface area (Å²) in [5, 5.41) is 3.32. The van der Waals surface area contributed by atoms with Crippen LogP contribution in [-0.2, 0) is 22.5 Å². The molecule has 0 aliphatic carbocycles. The molecule has 4 heterocycles. The van der Waals surface area contributed by atoms with Crippen molar-refractivity contribution < 1.29 is 19.0 Å². The summed E-state index contributed by atoms with van der Waals surface area (Å²) in [6.45, 7) is 5.82. The van der Waals surface area contributed by atoms with Gasteiger partial charge in [-0.25, -0.2) is 4.98 Å². The zero-order valence-electron chi connectivity index (χ0n) is 24.2. The van der Waals surface area contributed by atoms with Gasteiger partial charge in [-0.15, -0.1) is 0 Å². The zero-order valence-corrected chi connectivity index (χ0v) is 26.5. The van der Waals surface area contributed by atoms with Gasteiger partial charge in [-0.2, -0.15) is 0 Å². The fourth-order valence-electron chi connectivity index (χ4n) is 5.58. The molecule has 0 amide bonds. The third kappa shape index (κ3) is 7.26. The smallest absolute Gasteiger partial charge is 0.298 e. The van der Waals surface area contributed by atoms with Crippen molar-refractivity contribution >= 4 is 51.9 Å². The van der Waals surface area contributed by atoms with E-state index < -0.39 is 0 Å². The first-order valence-corrected chi connectivity index (χ1v) is 15.9. The molecule has 44 heavy (non-hydrogen) atoms. The van der Waals surface area contributed by atoms with Gasteiger partial charge in [0.2, 0.25) is 0 Å². The number of nitrogens with zero attached hydrogens (tertiary/aromatic N) is 3. The van der Waals surface area contributed by atoms with Crippen molar-refractivity contribution in [2.24, 2.45) is 0 Å². The van der Waals surface area contributed by atoms with Crippen molar-refractivity contribution in [1.29, 1.82) is 0 Å². The van der Waals surface area contributed by atoms with E-state index in [0.29, 0.717) is 22.4 Å². The summed E-state index contributed by atoms with van der Waals surface area (Å²) in [6.07, 6.45) is 2.94. The van der Waals surface area contributed by atoms with Crippen LogP contribution in [0.5, 0.6) is 16.7 Å². The van der Waals surface area contributed by atoms with Gasteiger partial charge in [0.15, 0.2) is 0 Å². The van der Waals surface area contributed by atoms with E-state index >= 15 is 0 Å². The second-order valence-electron chi connectivity index (χ2n) is 10.7. The lowest BCUT2D eigenvalue weighted by atomic mass is 9.93. The van der Waals surface area contributed by atoms with Gasteiger partial charge in [0.25, 0.3) is 11.7 Å². The lowest BCUT2D eigenvalue weighted by Gasteiger charge is -2.33. The number of fused-ring (bicyclic) bond motifs is 3. The number of ether oxygens (including phenoxy) is 3. The molecule has 11 heteroatoms. The molecule has 1 N–H and O–H groups in total. The number of aromatic amines is 1. The molecule has 0 spiro atoms. The Morgan fingerprint density at radius 2 is 1.73 bits per heavy atom. The number of hydrogen-bond donors (Lipinski definition) is 1. The summed E-state index contributed by atoms with van der Waals surface area (Å²) in [5.74, 6) is 1.30. The molecule has 1 fully saturated rings. The SMILES string of the molecule is CN1CCc2c([nH]c3ccc(Cl)cc23)C1c1ccc(Oc2ncc(CN3CCOCC3)s2)cc1.O=COc1ccc(Cl)cc1. The molecule has 2 aliphatic heterocycles. The largest absolute Gasteiger partial charge is 0.431 e. The van der Waals surface area contributed by atoms with Crippen LogP contribution in [0.25, 0.3) is 10.9 Å². The Kier molecular flexibility index (Phi) is 9.81. The minimum absolute atomic E-state index is 0.170. The number of aromatic nitrogens is 2. The second-order valence-corrected chi connectivity index (χ2v) is 12.6. The van der Waals surface area contributed by atoms with Gasteiger partial charge in [0.05, 0.1) is 19.3 Å². The number of halogens is 2. The van der Waals surface area contributed by atoms with Crippen molar-refractivity contribution in [1.82, 2.24) is 19.8 Å². The van der Waals surface area contributed by atoms with Crippen LogP contribution in [0.4, 0.5) is 0 Å². The van der Waals surface area contributed by atoms with Crippen molar-refractivity contribution in [2.75, 3.05) is 39.9 Å². The molecule has 0 saturated carbocycles. The van der Waals surface area contributed by atoms with E-state index in [1.54, 1.807) is 35.6 Å². The average molecular weight is 652 g/mol. The Bertz CT molecular complexity index is 1700. The first kappa shape index (κ1) is 30.6. The average Bonchev–Trinajstić information content (AvgIpc) is 3.63. The predicted octanol–water partition coefficient (Wildman–Crippen LogP) is 7.35. The molecule has 2 aliphatic rings. The molecule has 3 aromatic carbocycles. The molecular weight excluding hydrogens is 619 g/mol. The molecular formula is C33H32Cl2N4O4S. The molecule has 0 bridgehead atoms. The number of carbonyl (C=O) groups is 1. The van der Waals surface area contributed by atoms with Gasteiger partial charge in [-0.1, -0.05) is 46.7 Å². The highest BCUT2D eigenvalue weighted by Gasteiger charge is 2.29. The summed E-state index contributed by atoms with van der Waals surface area (Å²) >= 11 is 13.5. The molecule has 8 nitrogen and oxygen atoms in total. The Balaban J connectivity index is 0.000000294. The fourth-order valence-corrected chi connectivity index (χ4v) is 6.70. The lowest BCUT2D eigenvalue weighted by molar-refractivity contribution is -0.120. The highest BCUT2D eigenvalue weighted by Crippen LogP contribution is 2.39. The van der Waals surface area contributed by atoms with E-state index in [-0.39, 0.29) is 6.04 Å². The minimum Gasteiger partial charge on any atom is -0.431 e. The number of rotatable bonds is 7. The molecule has 1 unspecified atom stereocenters. The standard InChI is InChI=1S/C26H27ClN4O2S.C7H5ClO2/c1-30-9-8-21-22-14-18(27)4-7-23(22)29-24(21)25(30)17-2-5-19(6-3-17)33-26-28-15-20(34-26)16-31-10-12-32-13-11-31;8-6-1-3-7(4-2-6)10-5-9/h2-7,14-15,25,29H,8-13,16H2,1H3;1-5H. The number of hydrogen-bond acceptors (Lipinski definition) is 8. The predicted molar refractivity (Wildman–Crippen MR) is 174 cm³/mol. The normalized spacial score (nSPS) is 17.0. The van der Waals surface area contributed by atoms with E-state index in [2.05, 4.69) is 55.8 Å². The highest BCUT2D eigenvalue weighted by atomic mass is 35.5. The third-order valence-corrected chi connectivity index (χ3v) is 9.09. The van der Waals surface area contributed by atoms with E-state index in [1.807, 2.05) is 24.4 Å². The maximum atomic E-state index is 9.80. The zero-order chi connectivity index (χ0) is 30.5. The quantitative estimate of drug-likeness (QED) is 0.184. The monoisotopic (exact) mass is 650 g/mol. The Hall–Kier alpha value is -3.44. The number of morpholine rings is 1. The summed E-state index contributed by atoms with van der Waals surface area (Å²) < 4.78 is 16.0. The van der Waals surface area contributed by atoms with Crippen LogP contribution < -0.4 is 9.47 Å². The number of H-pyrrole nitrogens is 1. The molecule has 228 valence electrons. The summed E-state index contributed by atoms with van der Waals surface area (Å²) in [5.41, 5.74) is 5.01. The van der Waals surface area contributed by atoms with Crippen molar-refractivity contribution in [2.45, 2.75) is 19.0 Å². The Morgan fingerprint density at radius 1 is 1.00 bits per heavy atom. The summed E-state index contributed by atoms with van der Waals surface area (Å²) in [7, 11) is 2.18. The van der Waals surface area contributed by atoms with Gasteiger partial charge in [0, 0.05) is 63.9 Å². The van der Waals surface area contributed by atoms with E-state index in [0.717, 1.165) is 62.1 Å². The summed E-state index contributed by atoms with van der Waals surface area (Å²) in [4.78, 5) is 23.9. The maximum Gasteiger partial charge on any atom is 0.298 e. The fraction of sp³-hybridized carbons (Fsp3) is 0.273. The third-order valence-electron chi connectivity index (χ3n) is 7.74. The second kappa shape index (κ2) is 14.1. The van der Waals surface area contributed by atoms with Crippen LogP contribution in [0.2, 0.25) is 10.0 Å². The van der Waals surface area contributed by atoms with Crippen molar-refractivity contribution in [3.05, 3.63) is 105 Å². The number of likely N-dealkylation sites (N-methyl/N-ethyl adjacent to an activating group) is 1. The topological polar surface area (TPSA) is 79.9 Å². The number of nitrogens with one attached hydrogen (secondary N) is 1. The minimum atomic E-state index is 0.170. The number of thiazole rings is 1. The summed E-state index contributed by atoms with van der Waals surface area (Å²) in [6, 6.07) is 21.2. The number of carbonyl (C=O) groups excluding carboxylic acids is 1. The molecule has 1 saturated heterocycles. The highest BCUT2D eigenvalue weighted by molar-refractivity contribution is 7.13. The number of benzene rings is 3. The van der Waals surface area contributed by atoms with E-state index in [9.17, 15) is 4.79 Å². The lowest BCUT2D eigenvalue weighted by Crippen LogP contribution is -2.35. The maximum absolute atomic E-state index is 9.80. The van der Waals surface area contributed by atoms with E-state index in [1.165, 1.54) is 27.1 Å². The van der Waals surface area contributed by atoms with Crippen LogP contribution in [0, 0.1) is 0 Å². The van der Waals surface area contributed by atoms with Crippen LogP contribution >= 0.6 is 34.5 Å². The molecule has 5 aromatic rings. The molecule has 2 aromatic heterocycles. The van der Waals surface area contributed by atoms with Gasteiger partial charge in [-0.3, -0.25) is 14.6 Å². The van der Waals surface area contributed by atoms with Crippen molar-refractivity contribution in [3.63, 3.8) is 0 Å². The van der Waals surface area contributed by atoms with Crippen LogP contribution in [-0.4, -0.2) is 66.1 Å². The van der Waals surface area contributed by atoms with Gasteiger partial charge < -0.3 is 19.2 Å². The Morgan fingerprint density at radius 3 is 2.48 bits per heavy atom. The molecule has 0 radical (unpaired) electrons. The first-order chi connectivity index (χ1) is 21.5. The van der Waals surface area contributed by atoms with Gasteiger partial charge >= 0.3 is 0 Å². The Labute approximate surface area is 270 Å². The van der Waals surface area contributed by atoms with Gasteiger partial charge in [-0.05, 0) is 79.2 Å². The van der Waals surface area contributed by atoms with Crippen LogP contribution in [0.1, 0.15) is 27.7 Å². The molecule has 7 rings (SSSR count). The van der Waals surface area contributed by atoms with E-state index in [4.69, 9.17) is 32.7 Å². The van der Waals surface area contributed by atoms with Crippen LogP contribution in [0.3, 0.4) is 0 Å². The van der Waals surface area contributed by atoms with Crippen molar-refractivity contribution in [3.8, 4) is 16.7 Å². The molecule has 1 atom stereocenters.